The molecule has 0 aliphatic heterocycles. The quantitative estimate of drug-likeness (QED) is 0.449. The second kappa shape index (κ2) is 6.04. The first-order chi connectivity index (χ1) is 13.6. The summed E-state index contributed by atoms with van der Waals surface area (Å²) < 4.78 is 1.51. The lowest BCUT2D eigenvalue weighted by Crippen LogP contribution is -2.07. The van der Waals surface area contributed by atoms with Crippen LogP contribution in [0, 0.1) is 6.57 Å². The molecule has 0 atom stereocenters. The summed E-state index contributed by atoms with van der Waals surface area (Å²) in [5.41, 5.74) is 2.82. The molecule has 0 unspecified atom stereocenters. The van der Waals surface area contributed by atoms with Crippen LogP contribution in [-0.2, 0) is 0 Å². The average molecular weight is 388 g/mol. The van der Waals surface area contributed by atoms with E-state index in [4.69, 9.17) is 18.2 Å². The third-order valence-corrected chi connectivity index (χ3v) is 4.75. The zero-order valence-electron chi connectivity index (χ0n) is 14.1. The highest BCUT2D eigenvalue weighted by molar-refractivity contribution is 6.35. The molecule has 1 aromatic carbocycles. The van der Waals surface area contributed by atoms with Crippen molar-refractivity contribution in [2.24, 2.45) is 0 Å². The second-order valence-corrected chi connectivity index (χ2v) is 6.55. The number of fused-ring (bicyclic) bond motifs is 2. The Morgan fingerprint density at radius 1 is 1.21 bits per heavy atom. The third kappa shape index (κ3) is 2.46. The molecule has 0 aliphatic carbocycles. The second-order valence-electron chi connectivity index (χ2n) is 6.14. The molecular weight excluding hydrogens is 378 g/mol. The summed E-state index contributed by atoms with van der Waals surface area (Å²) >= 11 is 6.41. The first kappa shape index (κ1) is 16.2. The molecule has 0 aliphatic rings. The maximum atomic E-state index is 12.3. The zero-order chi connectivity index (χ0) is 19.3. The topological polar surface area (TPSA) is 96.6 Å². The number of hydrogen-bond donors (Lipinski definition) is 2. The van der Waals surface area contributed by atoms with Crippen molar-refractivity contribution in [1.29, 1.82) is 0 Å². The largest absolute Gasteiger partial charge is 0.346 e. The number of nitrogens with zero attached hydrogens (tertiary/aromatic N) is 5. The van der Waals surface area contributed by atoms with Crippen molar-refractivity contribution in [2.75, 3.05) is 0 Å². The van der Waals surface area contributed by atoms with E-state index in [-0.39, 0.29) is 5.43 Å². The fourth-order valence-corrected chi connectivity index (χ4v) is 3.40. The van der Waals surface area contributed by atoms with Crippen molar-refractivity contribution in [3.63, 3.8) is 0 Å². The van der Waals surface area contributed by atoms with E-state index in [2.05, 4.69) is 30.1 Å². The monoisotopic (exact) mass is 387 g/mol. The Kier molecular flexibility index (Phi) is 3.50. The number of aromatic amines is 2. The van der Waals surface area contributed by atoms with Gasteiger partial charge in [0.2, 0.25) is 5.69 Å². The molecule has 0 saturated heterocycles. The van der Waals surface area contributed by atoms with E-state index >= 15 is 0 Å². The van der Waals surface area contributed by atoms with E-state index in [0.29, 0.717) is 33.1 Å². The van der Waals surface area contributed by atoms with Crippen LogP contribution in [0.1, 0.15) is 0 Å². The maximum absolute atomic E-state index is 12.3. The number of pyridine rings is 2. The van der Waals surface area contributed by atoms with Crippen molar-refractivity contribution < 1.29 is 0 Å². The van der Waals surface area contributed by atoms with Gasteiger partial charge in [-0.3, -0.25) is 9.89 Å². The number of rotatable bonds is 2. The first-order valence-corrected chi connectivity index (χ1v) is 8.60. The summed E-state index contributed by atoms with van der Waals surface area (Å²) in [6.45, 7) is 7.17. The molecule has 5 rings (SSSR count). The van der Waals surface area contributed by atoms with E-state index < -0.39 is 0 Å². The number of nitrogens with one attached hydrogen (secondary N) is 2. The molecule has 5 aromatic rings. The highest BCUT2D eigenvalue weighted by atomic mass is 35.5. The number of benzene rings is 1. The van der Waals surface area contributed by atoms with Crippen LogP contribution in [0.4, 0.5) is 5.69 Å². The van der Waals surface area contributed by atoms with Gasteiger partial charge < -0.3 is 4.98 Å². The van der Waals surface area contributed by atoms with Crippen LogP contribution in [-0.4, -0.2) is 29.9 Å². The van der Waals surface area contributed by atoms with E-state index in [0.717, 1.165) is 16.5 Å². The molecule has 9 heteroatoms. The maximum Gasteiger partial charge on any atom is 0.224 e. The molecule has 0 amide bonds. The fourth-order valence-electron chi connectivity index (χ4n) is 3.13. The van der Waals surface area contributed by atoms with Gasteiger partial charge >= 0.3 is 0 Å². The van der Waals surface area contributed by atoms with E-state index in [9.17, 15) is 4.79 Å². The van der Waals surface area contributed by atoms with Crippen molar-refractivity contribution >= 4 is 39.2 Å². The third-order valence-electron chi connectivity index (χ3n) is 4.45. The Morgan fingerprint density at radius 3 is 2.93 bits per heavy atom. The zero-order valence-corrected chi connectivity index (χ0v) is 14.9. The smallest absolute Gasteiger partial charge is 0.224 e. The van der Waals surface area contributed by atoms with Crippen LogP contribution in [0.15, 0.2) is 53.8 Å². The molecule has 0 bridgehead atoms. The van der Waals surface area contributed by atoms with Gasteiger partial charge in [0.15, 0.2) is 11.2 Å². The minimum Gasteiger partial charge on any atom is -0.346 e. The summed E-state index contributed by atoms with van der Waals surface area (Å²) in [6, 6.07) is 6.90. The number of hydrogen-bond acceptors (Lipinski definition) is 4. The molecule has 0 fully saturated rings. The van der Waals surface area contributed by atoms with Crippen LogP contribution in [0.25, 0.3) is 43.7 Å². The molecule has 2 N–H and O–H groups in total. The standard InChI is InChI=1S/C19H10ClN7O/c1-21-12-8-24-27(9-12)19-13(6-14-16(28)2-3-22-18(14)25-19)10-4-11-7-23-26-17(11)15(20)5-10/h2-9H,(H,23,26)(H,22,25,28). The van der Waals surface area contributed by atoms with E-state index in [1.54, 1.807) is 30.7 Å². The van der Waals surface area contributed by atoms with Gasteiger partial charge in [-0.1, -0.05) is 11.6 Å². The number of halogens is 1. The Balaban J connectivity index is 1.86. The summed E-state index contributed by atoms with van der Waals surface area (Å²) in [7, 11) is 0. The SMILES string of the molecule is [C-]#[N+]c1cnn(-c2nc3[nH]ccc(=O)c3cc2-c2cc(Cl)c3[nH]ncc3c2)c1. The lowest BCUT2D eigenvalue weighted by molar-refractivity contribution is 0.853. The normalized spacial score (nSPS) is 11.1. The highest BCUT2D eigenvalue weighted by Gasteiger charge is 2.16. The Bertz CT molecular complexity index is 1470. The molecule has 0 saturated carbocycles. The minimum atomic E-state index is -0.146. The number of H-pyrrole nitrogens is 2. The van der Waals surface area contributed by atoms with Gasteiger partial charge in [0.05, 0.1) is 34.9 Å². The van der Waals surface area contributed by atoms with Crippen molar-refractivity contribution in [3.8, 4) is 16.9 Å². The van der Waals surface area contributed by atoms with Crippen molar-refractivity contribution in [1.82, 2.24) is 29.9 Å². The van der Waals surface area contributed by atoms with Crippen LogP contribution in [0.5, 0.6) is 0 Å². The van der Waals surface area contributed by atoms with Crippen molar-refractivity contribution in [3.05, 3.63) is 75.7 Å². The highest BCUT2D eigenvalue weighted by Crippen LogP contribution is 2.33. The summed E-state index contributed by atoms with van der Waals surface area (Å²) in [4.78, 5) is 23.3. The summed E-state index contributed by atoms with van der Waals surface area (Å²) in [5.74, 6) is 0.475. The van der Waals surface area contributed by atoms with E-state index in [1.165, 1.54) is 16.9 Å². The van der Waals surface area contributed by atoms with Gasteiger partial charge in [0.1, 0.15) is 5.65 Å². The first-order valence-electron chi connectivity index (χ1n) is 8.22. The van der Waals surface area contributed by atoms with E-state index in [1.807, 2.05) is 6.07 Å². The Morgan fingerprint density at radius 2 is 2.11 bits per heavy atom. The van der Waals surface area contributed by atoms with Gasteiger partial charge in [-0.25, -0.2) is 14.5 Å². The molecule has 4 heterocycles. The summed E-state index contributed by atoms with van der Waals surface area (Å²) in [6.07, 6.45) is 6.27. The Hall–Kier alpha value is -3.96. The summed E-state index contributed by atoms with van der Waals surface area (Å²) in [5, 5.41) is 12.9. The van der Waals surface area contributed by atoms with Gasteiger partial charge in [-0.05, 0) is 23.8 Å². The average Bonchev–Trinajstić information content (AvgIpc) is 3.37. The lowest BCUT2D eigenvalue weighted by atomic mass is 10.0. The molecule has 8 nitrogen and oxygen atoms in total. The number of aromatic nitrogens is 6. The molecule has 4 aromatic heterocycles. The van der Waals surface area contributed by atoms with Gasteiger partial charge in [0.25, 0.3) is 0 Å². The van der Waals surface area contributed by atoms with Crippen LogP contribution < -0.4 is 5.43 Å². The van der Waals surface area contributed by atoms with Gasteiger partial charge in [0, 0.05) is 29.4 Å². The van der Waals surface area contributed by atoms with Crippen LogP contribution in [0.3, 0.4) is 0 Å². The fraction of sp³-hybridized carbons (Fsp3) is 0. The molecule has 134 valence electrons. The lowest BCUT2D eigenvalue weighted by Gasteiger charge is -2.11. The molecule has 28 heavy (non-hydrogen) atoms. The molecule has 0 radical (unpaired) electrons. The van der Waals surface area contributed by atoms with Gasteiger partial charge in [-0.15, -0.1) is 0 Å². The minimum absolute atomic E-state index is 0.146. The predicted octanol–water partition coefficient (Wildman–Crippen LogP) is 3.86. The van der Waals surface area contributed by atoms with Crippen LogP contribution in [0.2, 0.25) is 5.02 Å². The van der Waals surface area contributed by atoms with Crippen molar-refractivity contribution in [2.45, 2.75) is 0 Å². The predicted molar refractivity (Wildman–Crippen MR) is 106 cm³/mol. The molecule has 0 spiro atoms. The molecular formula is C19H10ClN7O. The Labute approximate surface area is 162 Å². The van der Waals surface area contributed by atoms with Gasteiger partial charge in [-0.2, -0.15) is 10.2 Å². The van der Waals surface area contributed by atoms with Crippen LogP contribution >= 0.6 is 11.6 Å².